The molecule has 0 spiro atoms. The minimum absolute atomic E-state index is 0.241. The smallest absolute Gasteiger partial charge is 0.330 e. The third-order valence-electron chi connectivity index (χ3n) is 5.63. The molecule has 1 aromatic carbocycles. The fourth-order valence-corrected chi connectivity index (χ4v) is 5.26. The first-order valence-corrected chi connectivity index (χ1v) is 11.7. The van der Waals surface area contributed by atoms with Crippen molar-refractivity contribution in [1.82, 2.24) is 13.9 Å². The topological polar surface area (TPSA) is 81.5 Å². The highest BCUT2D eigenvalue weighted by Gasteiger charge is 2.22. The van der Waals surface area contributed by atoms with Crippen LogP contribution in [0.5, 0.6) is 0 Å². The summed E-state index contributed by atoms with van der Waals surface area (Å²) < 4.78 is 32.4. The molecule has 7 nitrogen and oxygen atoms in total. The number of fused-ring (bicyclic) bond motifs is 1. The number of pyridine rings is 1. The van der Waals surface area contributed by atoms with Crippen molar-refractivity contribution in [3.8, 4) is 0 Å². The fourth-order valence-electron chi connectivity index (χ4n) is 3.90. The van der Waals surface area contributed by atoms with Crippen molar-refractivity contribution >= 4 is 27.0 Å². The lowest BCUT2D eigenvalue weighted by Crippen LogP contribution is -2.32. The van der Waals surface area contributed by atoms with E-state index in [0.717, 1.165) is 55.4 Å². The summed E-state index contributed by atoms with van der Waals surface area (Å²) in [6.45, 7) is 2.54. The zero-order valence-corrected chi connectivity index (χ0v) is 18.2. The van der Waals surface area contributed by atoms with Gasteiger partial charge >= 0.3 is 5.97 Å². The van der Waals surface area contributed by atoms with Crippen LogP contribution >= 0.6 is 0 Å². The molecular formula is C23H25N3O4S. The van der Waals surface area contributed by atoms with Gasteiger partial charge in [-0.05, 0) is 49.1 Å². The van der Waals surface area contributed by atoms with E-state index in [0.29, 0.717) is 5.65 Å². The van der Waals surface area contributed by atoms with Gasteiger partial charge in [0.05, 0.1) is 12.0 Å². The molecule has 1 aliphatic rings. The van der Waals surface area contributed by atoms with Crippen LogP contribution in [0.25, 0.3) is 11.0 Å². The molecule has 31 heavy (non-hydrogen) atoms. The van der Waals surface area contributed by atoms with Gasteiger partial charge in [0, 0.05) is 43.5 Å². The first-order valence-electron chi connectivity index (χ1n) is 10.2. The van der Waals surface area contributed by atoms with Crippen molar-refractivity contribution in [2.45, 2.75) is 24.2 Å². The van der Waals surface area contributed by atoms with E-state index in [1.165, 1.54) is 11.1 Å². The maximum Gasteiger partial charge on any atom is 0.330 e. The Morgan fingerprint density at radius 2 is 1.87 bits per heavy atom. The highest BCUT2D eigenvalue weighted by molar-refractivity contribution is 7.90. The number of hydrogen-bond acceptors (Lipinski definition) is 6. The molecule has 0 radical (unpaired) electrons. The van der Waals surface area contributed by atoms with Gasteiger partial charge in [-0.2, -0.15) is 0 Å². The van der Waals surface area contributed by atoms with Gasteiger partial charge in [-0.15, -0.1) is 0 Å². The van der Waals surface area contributed by atoms with Gasteiger partial charge in [0.2, 0.25) is 0 Å². The van der Waals surface area contributed by atoms with Crippen LogP contribution in [0.3, 0.4) is 0 Å². The number of ether oxygens (including phenoxy) is 1. The van der Waals surface area contributed by atoms with E-state index in [1.807, 2.05) is 12.1 Å². The van der Waals surface area contributed by atoms with Crippen LogP contribution in [0.4, 0.5) is 0 Å². The summed E-state index contributed by atoms with van der Waals surface area (Å²) in [5.74, 6) is -0.302. The average Bonchev–Trinajstić information content (AvgIpc) is 3.19. The first-order chi connectivity index (χ1) is 15.0. The highest BCUT2D eigenvalue weighted by atomic mass is 32.2. The molecule has 4 rings (SSSR count). The Bertz CT molecular complexity index is 1210. The Morgan fingerprint density at radius 1 is 1.13 bits per heavy atom. The van der Waals surface area contributed by atoms with Gasteiger partial charge in [-0.25, -0.2) is 22.2 Å². The van der Waals surface area contributed by atoms with Crippen molar-refractivity contribution < 1.29 is 17.9 Å². The normalized spacial score (nSPS) is 15.2. The molecule has 0 unspecified atom stereocenters. The van der Waals surface area contributed by atoms with Crippen LogP contribution in [0.15, 0.2) is 71.4 Å². The molecule has 0 bridgehead atoms. The van der Waals surface area contributed by atoms with E-state index in [2.05, 4.69) is 9.88 Å². The minimum atomic E-state index is -3.72. The van der Waals surface area contributed by atoms with Gasteiger partial charge < -0.3 is 9.64 Å². The molecule has 1 saturated heterocycles. The molecule has 3 heterocycles. The van der Waals surface area contributed by atoms with Gasteiger partial charge in [0.15, 0.2) is 5.65 Å². The number of aromatic nitrogens is 2. The molecule has 1 fully saturated rings. The zero-order chi connectivity index (χ0) is 21.8. The van der Waals surface area contributed by atoms with Crippen molar-refractivity contribution in [3.05, 3.63) is 72.1 Å². The fraction of sp³-hybridized carbons (Fsp3) is 0.304. The molecular weight excluding hydrogens is 414 g/mol. The Balaban J connectivity index is 1.53. The zero-order valence-electron chi connectivity index (χ0n) is 17.4. The lowest BCUT2D eigenvalue weighted by Gasteiger charge is -2.28. The number of hydrogen-bond donors (Lipinski definition) is 0. The molecule has 0 amide bonds. The molecule has 1 aliphatic heterocycles. The minimum Gasteiger partial charge on any atom is -0.466 e. The largest absolute Gasteiger partial charge is 0.466 e. The van der Waals surface area contributed by atoms with E-state index < -0.39 is 10.0 Å². The molecule has 0 atom stereocenters. The van der Waals surface area contributed by atoms with E-state index in [4.69, 9.17) is 4.74 Å². The highest BCUT2D eigenvalue weighted by Crippen LogP contribution is 2.25. The molecule has 0 saturated carbocycles. The number of rotatable bonds is 6. The Labute approximate surface area is 182 Å². The third kappa shape index (κ3) is 4.55. The Kier molecular flexibility index (Phi) is 6.20. The van der Waals surface area contributed by atoms with Crippen LogP contribution in [0, 0.1) is 0 Å². The predicted molar refractivity (Wildman–Crippen MR) is 118 cm³/mol. The number of esters is 1. The predicted octanol–water partition coefficient (Wildman–Crippen LogP) is 3.01. The van der Waals surface area contributed by atoms with E-state index in [1.54, 1.807) is 48.8 Å². The van der Waals surface area contributed by atoms with Crippen LogP contribution in [-0.4, -0.2) is 55.0 Å². The van der Waals surface area contributed by atoms with Crippen molar-refractivity contribution in [3.63, 3.8) is 0 Å². The second-order valence-electron chi connectivity index (χ2n) is 7.56. The molecule has 162 valence electrons. The maximum absolute atomic E-state index is 13.2. The monoisotopic (exact) mass is 439 g/mol. The van der Waals surface area contributed by atoms with Gasteiger partial charge in [0.25, 0.3) is 10.0 Å². The summed E-state index contributed by atoms with van der Waals surface area (Å²) in [6, 6.07) is 12.2. The maximum atomic E-state index is 13.2. The standard InChI is InChI=1S/C23H25N3O4S/c1-30-22(27)16-18-9-13-25(14-10-18)15-11-19-17-26(23-21(19)8-5-12-24-23)31(28,29)20-6-3-2-4-7-20/h2-8,12,16-17H,9-11,13-15H2,1H3. The number of carbonyl (C=O) groups is 1. The summed E-state index contributed by atoms with van der Waals surface area (Å²) in [4.78, 5) is 18.3. The number of piperidine rings is 1. The number of benzene rings is 1. The van der Waals surface area contributed by atoms with Crippen LogP contribution in [-0.2, 0) is 26.0 Å². The van der Waals surface area contributed by atoms with E-state index in [-0.39, 0.29) is 10.9 Å². The van der Waals surface area contributed by atoms with Crippen LogP contribution in [0.2, 0.25) is 0 Å². The molecule has 3 aromatic rings. The SMILES string of the molecule is COC(=O)C=C1CCN(CCc2cn(S(=O)(=O)c3ccccc3)c3ncccc23)CC1. The van der Waals surface area contributed by atoms with Crippen LogP contribution in [0.1, 0.15) is 18.4 Å². The Hall–Kier alpha value is -2.97. The summed E-state index contributed by atoms with van der Waals surface area (Å²) >= 11 is 0. The summed E-state index contributed by atoms with van der Waals surface area (Å²) in [5.41, 5.74) is 2.51. The molecule has 8 heteroatoms. The third-order valence-corrected chi connectivity index (χ3v) is 7.30. The number of likely N-dealkylation sites (tertiary alicyclic amines) is 1. The van der Waals surface area contributed by atoms with E-state index in [9.17, 15) is 13.2 Å². The second-order valence-corrected chi connectivity index (χ2v) is 9.38. The van der Waals surface area contributed by atoms with Crippen molar-refractivity contribution in [1.29, 1.82) is 0 Å². The van der Waals surface area contributed by atoms with Gasteiger partial charge in [0.1, 0.15) is 0 Å². The average molecular weight is 440 g/mol. The first kappa shape index (κ1) is 21.3. The van der Waals surface area contributed by atoms with Gasteiger partial charge in [-0.1, -0.05) is 23.8 Å². The van der Waals surface area contributed by atoms with Crippen molar-refractivity contribution in [2.75, 3.05) is 26.7 Å². The summed E-state index contributed by atoms with van der Waals surface area (Å²) in [6.07, 6.45) is 7.29. The van der Waals surface area contributed by atoms with Crippen LogP contribution < -0.4 is 0 Å². The van der Waals surface area contributed by atoms with Crippen molar-refractivity contribution in [2.24, 2.45) is 0 Å². The molecule has 0 N–H and O–H groups in total. The summed E-state index contributed by atoms with van der Waals surface area (Å²) in [5, 5.41) is 0.852. The quantitative estimate of drug-likeness (QED) is 0.434. The number of methoxy groups -OCH3 is 1. The Morgan fingerprint density at radius 3 is 2.58 bits per heavy atom. The van der Waals surface area contributed by atoms with E-state index >= 15 is 0 Å². The molecule has 2 aromatic heterocycles. The molecule has 0 aliphatic carbocycles. The summed E-state index contributed by atoms with van der Waals surface area (Å²) in [7, 11) is -2.33. The number of carbonyl (C=O) groups excluding carboxylic acids is 1. The lowest BCUT2D eigenvalue weighted by atomic mass is 10.0. The lowest BCUT2D eigenvalue weighted by molar-refractivity contribution is -0.134. The van der Waals surface area contributed by atoms with Gasteiger partial charge in [-0.3, -0.25) is 0 Å². The number of nitrogens with zero attached hydrogens (tertiary/aromatic N) is 3. The second kappa shape index (κ2) is 9.03.